The highest BCUT2D eigenvalue weighted by molar-refractivity contribution is 7.10. The van der Waals surface area contributed by atoms with Gasteiger partial charge in [0.15, 0.2) is 0 Å². The maximum Gasteiger partial charge on any atom is 0.223 e. The molecule has 0 unspecified atom stereocenters. The van der Waals surface area contributed by atoms with E-state index in [1.165, 1.54) is 16.0 Å². The number of rotatable bonds is 4. The molecular formula is C20H24N2OS. The number of piperidine rings is 1. The summed E-state index contributed by atoms with van der Waals surface area (Å²) in [5.41, 5.74) is 2.63. The Labute approximate surface area is 147 Å². The molecular weight excluding hydrogens is 316 g/mol. The third-order valence-corrected chi connectivity index (χ3v) is 6.46. The molecule has 0 aliphatic carbocycles. The van der Waals surface area contributed by atoms with Crippen molar-refractivity contribution in [1.82, 2.24) is 9.80 Å². The van der Waals surface area contributed by atoms with Crippen LogP contribution in [0.4, 0.5) is 0 Å². The van der Waals surface area contributed by atoms with Crippen molar-refractivity contribution in [1.29, 1.82) is 0 Å². The summed E-state index contributed by atoms with van der Waals surface area (Å²) in [5.74, 6) is 1.51. The number of carbonyl (C=O) groups is 1. The molecule has 1 amide bonds. The van der Waals surface area contributed by atoms with Gasteiger partial charge < -0.3 is 4.90 Å². The quantitative estimate of drug-likeness (QED) is 0.850. The summed E-state index contributed by atoms with van der Waals surface area (Å²) < 4.78 is 0. The summed E-state index contributed by atoms with van der Waals surface area (Å²) in [4.78, 5) is 18.6. The van der Waals surface area contributed by atoms with Crippen molar-refractivity contribution in [3.63, 3.8) is 0 Å². The lowest BCUT2D eigenvalue weighted by molar-refractivity contribution is -0.136. The molecule has 2 aliphatic heterocycles. The first-order chi connectivity index (χ1) is 11.7. The topological polar surface area (TPSA) is 23.6 Å². The summed E-state index contributed by atoms with van der Waals surface area (Å²) in [6.07, 6.45) is 0.720. The van der Waals surface area contributed by atoms with Gasteiger partial charge >= 0.3 is 0 Å². The van der Waals surface area contributed by atoms with Gasteiger partial charge in [0.2, 0.25) is 5.91 Å². The van der Waals surface area contributed by atoms with Gasteiger partial charge in [-0.2, -0.15) is 0 Å². The molecule has 1 aromatic carbocycles. The Morgan fingerprint density at radius 1 is 1.04 bits per heavy atom. The van der Waals surface area contributed by atoms with Crippen molar-refractivity contribution in [2.24, 2.45) is 11.8 Å². The highest BCUT2D eigenvalue weighted by Gasteiger charge is 2.40. The molecule has 3 nitrogen and oxygen atoms in total. The monoisotopic (exact) mass is 340 g/mol. The second-order valence-corrected chi connectivity index (χ2v) is 8.21. The van der Waals surface area contributed by atoms with Gasteiger partial charge in [0.25, 0.3) is 0 Å². The minimum absolute atomic E-state index is 0.328. The van der Waals surface area contributed by atoms with Crippen molar-refractivity contribution >= 4 is 17.2 Å². The van der Waals surface area contributed by atoms with E-state index in [9.17, 15) is 4.79 Å². The number of hydrogen-bond donors (Lipinski definition) is 0. The molecule has 2 atom stereocenters. The van der Waals surface area contributed by atoms with Crippen LogP contribution in [0.2, 0.25) is 0 Å². The lowest BCUT2D eigenvalue weighted by Gasteiger charge is -2.34. The van der Waals surface area contributed by atoms with Crippen molar-refractivity contribution in [3.05, 3.63) is 57.8 Å². The van der Waals surface area contributed by atoms with E-state index in [-0.39, 0.29) is 0 Å². The van der Waals surface area contributed by atoms with E-state index in [0.717, 1.165) is 39.1 Å². The van der Waals surface area contributed by atoms with Crippen molar-refractivity contribution in [2.75, 3.05) is 19.6 Å². The Morgan fingerprint density at radius 3 is 2.58 bits per heavy atom. The average molecular weight is 340 g/mol. The minimum Gasteiger partial charge on any atom is -0.338 e. The number of carbonyl (C=O) groups excluding carboxylic acids is 1. The molecule has 1 aromatic heterocycles. The molecule has 24 heavy (non-hydrogen) atoms. The number of aryl methyl sites for hydroxylation is 1. The fraction of sp³-hybridized carbons (Fsp3) is 0.450. The highest BCUT2D eigenvalue weighted by Crippen LogP contribution is 2.34. The van der Waals surface area contributed by atoms with Crippen LogP contribution in [0.5, 0.6) is 0 Å². The lowest BCUT2D eigenvalue weighted by Crippen LogP contribution is -2.43. The van der Waals surface area contributed by atoms with E-state index in [1.807, 2.05) is 29.5 Å². The Kier molecular flexibility index (Phi) is 4.42. The number of amides is 1. The lowest BCUT2D eigenvalue weighted by atomic mass is 9.88. The Morgan fingerprint density at radius 2 is 1.83 bits per heavy atom. The number of benzene rings is 1. The van der Waals surface area contributed by atoms with Crippen LogP contribution in [-0.2, 0) is 17.9 Å². The van der Waals surface area contributed by atoms with Crippen molar-refractivity contribution in [3.8, 4) is 0 Å². The van der Waals surface area contributed by atoms with Crippen molar-refractivity contribution in [2.45, 2.75) is 26.4 Å². The Bertz CT molecular complexity index is 711. The smallest absolute Gasteiger partial charge is 0.223 e. The van der Waals surface area contributed by atoms with Gasteiger partial charge in [-0.15, -0.1) is 11.3 Å². The molecule has 0 saturated carbocycles. The first-order valence-electron chi connectivity index (χ1n) is 8.76. The normalized spacial score (nSPS) is 24.4. The van der Waals surface area contributed by atoms with E-state index < -0.39 is 0 Å². The summed E-state index contributed by atoms with van der Waals surface area (Å²) in [6, 6.07) is 12.5. The van der Waals surface area contributed by atoms with Gasteiger partial charge in [0.1, 0.15) is 0 Å². The standard InChI is InChI=1S/C20H24N2OS/c1-15-7-8-24-19(15)14-21-11-17-9-20(23)22(13-18(17)12-21)10-16-5-3-2-4-6-16/h2-8,17-18H,9-14H2,1H3/t17-,18-/m0/s1. The maximum atomic E-state index is 12.5. The zero-order valence-corrected chi connectivity index (χ0v) is 15.0. The predicted molar refractivity (Wildman–Crippen MR) is 97.8 cm³/mol. The zero-order valence-electron chi connectivity index (χ0n) is 14.1. The molecule has 2 aliphatic rings. The molecule has 0 bridgehead atoms. The largest absolute Gasteiger partial charge is 0.338 e. The van der Waals surface area contributed by atoms with Gasteiger partial charge in [-0.25, -0.2) is 0 Å². The van der Waals surface area contributed by atoms with E-state index >= 15 is 0 Å². The van der Waals surface area contributed by atoms with Crippen LogP contribution < -0.4 is 0 Å². The zero-order chi connectivity index (χ0) is 16.5. The van der Waals surface area contributed by atoms with E-state index in [0.29, 0.717) is 17.7 Å². The first kappa shape index (κ1) is 15.9. The fourth-order valence-electron chi connectivity index (χ4n) is 4.07. The summed E-state index contributed by atoms with van der Waals surface area (Å²) >= 11 is 1.85. The number of hydrogen-bond acceptors (Lipinski definition) is 3. The van der Waals surface area contributed by atoms with Gasteiger partial charge in [-0.3, -0.25) is 9.69 Å². The van der Waals surface area contributed by atoms with Crippen LogP contribution in [0, 0.1) is 18.8 Å². The number of fused-ring (bicyclic) bond motifs is 1. The average Bonchev–Trinajstić information content (AvgIpc) is 3.15. The van der Waals surface area contributed by atoms with Gasteiger partial charge in [-0.05, 0) is 41.3 Å². The van der Waals surface area contributed by atoms with E-state index in [2.05, 4.69) is 40.3 Å². The molecule has 3 heterocycles. The SMILES string of the molecule is Cc1ccsc1CN1C[C@@H]2CC(=O)N(Cc3ccccc3)C[C@@H]2C1. The summed E-state index contributed by atoms with van der Waals surface area (Å²) in [6.45, 7) is 7.11. The molecule has 0 spiro atoms. The maximum absolute atomic E-state index is 12.5. The summed E-state index contributed by atoms with van der Waals surface area (Å²) in [5, 5.41) is 2.18. The van der Waals surface area contributed by atoms with Gasteiger partial charge in [0.05, 0.1) is 0 Å². The number of likely N-dealkylation sites (tertiary alicyclic amines) is 2. The van der Waals surface area contributed by atoms with Crippen LogP contribution in [0.25, 0.3) is 0 Å². The molecule has 2 saturated heterocycles. The van der Waals surface area contributed by atoms with Crippen LogP contribution in [-0.4, -0.2) is 35.3 Å². The first-order valence-corrected chi connectivity index (χ1v) is 9.64. The molecule has 4 heteroatoms. The third kappa shape index (κ3) is 3.26. The van der Waals surface area contributed by atoms with Crippen LogP contribution >= 0.6 is 11.3 Å². The molecule has 2 aromatic rings. The molecule has 0 N–H and O–H groups in total. The number of nitrogens with zero attached hydrogens (tertiary/aromatic N) is 2. The Balaban J connectivity index is 1.39. The molecule has 126 valence electrons. The van der Waals surface area contributed by atoms with Gasteiger partial charge in [0, 0.05) is 44.0 Å². The van der Waals surface area contributed by atoms with Gasteiger partial charge in [-0.1, -0.05) is 30.3 Å². The second kappa shape index (κ2) is 6.69. The summed E-state index contributed by atoms with van der Waals surface area (Å²) in [7, 11) is 0. The predicted octanol–water partition coefficient (Wildman–Crippen LogP) is 3.54. The third-order valence-electron chi connectivity index (χ3n) is 5.45. The molecule has 4 rings (SSSR count). The second-order valence-electron chi connectivity index (χ2n) is 7.21. The fourth-order valence-corrected chi connectivity index (χ4v) is 5.01. The number of thiophene rings is 1. The Hall–Kier alpha value is -1.65. The molecule has 0 radical (unpaired) electrons. The van der Waals surface area contributed by atoms with Crippen LogP contribution in [0.1, 0.15) is 22.4 Å². The van der Waals surface area contributed by atoms with E-state index in [1.54, 1.807) is 0 Å². The van der Waals surface area contributed by atoms with E-state index in [4.69, 9.17) is 0 Å². The van der Waals surface area contributed by atoms with Crippen molar-refractivity contribution < 1.29 is 4.79 Å². The van der Waals surface area contributed by atoms with Crippen LogP contribution in [0.15, 0.2) is 41.8 Å². The van der Waals surface area contributed by atoms with Crippen LogP contribution in [0.3, 0.4) is 0 Å². The highest BCUT2D eigenvalue weighted by atomic mass is 32.1. The molecule has 2 fully saturated rings. The minimum atomic E-state index is 0.328.